The van der Waals surface area contributed by atoms with E-state index in [9.17, 15) is 4.79 Å². The van der Waals surface area contributed by atoms with Gasteiger partial charge in [0.25, 0.3) is 0 Å². The Morgan fingerprint density at radius 1 is 1.67 bits per heavy atom. The van der Waals surface area contributed by atoms with E-state index in [1.165, 1.54) is 0 Å². The third-order valence-electron chi connectivity index (χ3n) is 2.86. The minimum absolute atomic E-state index is 0.0664. The highest BCUT2D eigenvalue weighted by atomic mass is 32.1. The molecule has 0 radical (unpaired) electrons. The molecule has 1 aliphatic rings. The Morgan fingerprint density at radius 2 is 2.47 bits per heavy atom. The quantitative estimate of drug-likeness (QED) is 0.794. The Bertz CT molecular complexity index is 361. The van der Waals surface area contributed by atoms with Crippen LogP contribution in [0.4, 0.5) is 0 Å². The van der Waals surface area contributed by atoms with Crippen LogP contribution in [0.25, 0.3) is 0 Å². The molecule has 82 valence electrons. The smallest absolute Gasteiger partial charge is 0.180 e. The summed E-state index contributed by atoms with van der Waals surface area (Å²) < 4.78 is 5.23. The summed E-state index contributed by atoms with van der Waals surface area (Å²) in [5.74, 6) is 0.202. The number of methoxy groups -OCH3 is 1. The van der Waals surface area contributed by atoms with Crippen molar-refractivity contribution in [2.45, 2.75) is 25.5 Å². The second-order valence-corrected chi connectivity index (χ2v) is 4.93. The first-order valence-electron chi connectivity index (χ1n) is 5.07. The number of ether oxygens (including phenoxy) is 1. The fourth-order valence-corrected chi connectivity index (χ4v) is 2.61. The van der Waals surface area contributed by atoms with Crippen molar-refractivity contribution in [3.63, 3.8) is 0 Å². The number of aryl methyl sites for hydroxylation is 1. The second kappa shape index (κ2) is 4.43. The lowest BCUT2D eigenvalue weighted by atomic mass is 10.0. The van der Waals surface area contributed by atoms with Gasteiger partial charge in [-0.15, -0.1) is 11.3 Å². The van der Waals surface area contributed by atoms with E-state index in [1.54, 1.807) is 18.4 Å². The molecule has 2 atom stereocenters. The van der Waals surface area contributed by atoms with Crippen LogP contribution in [0.3, 0.4) is 0 Å². The molecule has 4 heteroatoms. The molecule has 1 saturated heterocycles. The molecule has 2 heterocycles. The summed E-state index contributed by atoms with van der Waals surface area (Å²) in [5.41, 5.74) is 0.856. The van der Waals surface area contributed by atoms with Gasteiger partial charge in [0.15, 0.2) is 5.78 Å². The standard InChI is InChI=1S/C11H15NO2S/c1-7-9(3-4-15-7)11(13)10-5-8(14-2)6-12-10/h3-4,8,10,12H,5-6H2,1-2H3. The van der Waals surface area contributed by atoms with Gasteiger partial charge < -0.3 is 10.1 Å². The van der Waals surface area contributed by atoms with Gasteiger partial charge in [-0.2, -0.15) is 0 Å². The number of carbonyl (C=O) groups is 1. The highest BCUT2D eigenvalue weighted by Crippen LogP contribution is 2.20. The molecule has 0 amide bonds. The molecule has 3 nitrogen and oxygen atoms in total. The van der Waals surface area contributed by atoms with E-state index in [0.717, 1.165) is 23.4 Å². The minimum atomic E-state index is -0.0664. The van der Waals surface area contributed by atoms with E-state index in [4.69, 9.17) is 4.74 Å². The summed E-state index contributed by atoms with van der Waals surface area (Å²) in [6, 6.07) is 1.84. The molecule has 0 saturated carbocycles. The summed E-state index contributed by atoms with van der Waals surface area (Å²) in [7, 11) is 1.69. The molecule has 1 N–H and O–H groups in total. The third-order valence-corrected chi connectivity index (χ3v) is 3.71. The Hall–Kier alpha value is -0.710. The third kappa shape index (κ3) is 2.12. The van der Waals surface area contributed by atoms with Crippen LogP contribution in [0.15, 0.2) is 11.4 Å². The van der Waals surface area contributed by atoms with Crippen LogP contribution in [-0.2, 0) is 4.74 Å². The van der Waals surface area contributed by atoms with Gasteiger partial charge in [-0.25, -0.2) is 0 Å². The predicted molar refractivity (Wildman–Crippen MR) is 60.6 cm³/mol. The van der Waals surface area contributed by atoms with Crippen molar-refractivity contribution in [2.24, 2.45) is 0 Å². The zero-order valence-corrected chi connectivity index (χ0v) is 9.76. The molecule has 1 aromatic rings. The molecule has 0 bridgehead atoms. The predicted octanol–water partition coefficient (Wildman–Crippen LogP) is 1.62. The lowest BCUT2D eigenvalue weighted by molar-refractivity contribution is 0.0919. The summed E-state index contributed by atoms with van der Waals surface area (Å²) in [5, 5.41) is 5.17. The fourth-order valence-electron chi connectivity index (χ4n) is 1.91. The minimum Gasteiger partial charge on any atom is -0.380 e. The van der Waals surface area contributed by atoms with Crippen LogP contribution in [-0.4, -0.2) is 31.6 Å². The fraction of sp³-hybridized carbons (Fsp3) is 0.545. The Kier molecular flexibility index (Phi) is 3.19. The molecule has 1 aromatic heterocycles. The normalized spacial score (nSPS) is 25.7. The number of hydrogen-bond acceptors (Lipinski definition) is 4. The molecule has 1 aliphatic heterocycles. The molecule has 2 rings (SSSR count). The number of carbonyl (C=O) groups excluding carboxylic acids is 1. The van der Waals surface area contributed by atoms with Gasteiger partial charge in [0.05, 0.1) is 12.1 Å². The first-order valence-corrected chi connectivity index (χ1v) is 5.95. The maximum Gasteiger partial charge on any atom is 0.180 e. The lowest BCUT2D eigenvalue weighted by Gasteiger charge is -2.08. The van der Waals surface area contributed by atoms with Crippen LogP contribution in [0.5, 0.6) is 0 Å². The van der Waals surface area contributed by atoms with Crippen molar-refractivity contribution >= 4 is 17.1 Å². The molecule has 0 aromatic carbocycles. The van der Waals surface area contributed by atoms with Crippen molar-refractivity contribution in [1.82, 2.24) is 5.32 Å². The molecule has 0 aliphatic carbocycles. The average Bonchev–Trinajstić information content (AvgIpc) is 2.84. The average molecular weight is 225 g/mol. The topological polar surface area (TPSA) is 38.3 Å². The number of rotatable bonds is 3. The van der Waals surface area contributed by atoms with Gasteiger partial charge in [-0.1, -0.05) is 0 Å². The summed E-state index contributed by atoms with van der Waals surface area (Å²) in [4.78, 5) is 13.2. The van der Waals surface area contributed by atoms with E-state index in [2.05, 4.69) is 5.32 Å². The SMILES string of the molecule is COC1CNC(C(=O)c2ccsc2C)C1. The Labute approximate surface area is 93.4 Å². The van der Waals surface area contributed by atoms with Crippen molar-refractivity contribution in [3.05, 3.63) is 21.9 Å². The first kappa shape index (κ1) is 10.8. The van der Waals surface area contributed by atoms with E-state index < -0.39 is 0 Å². The zero-order chi connectivity index (χ0) is 10.8. The maximum absolute atomic E-state index is 12.1. The molecular weight excluding hydrogens is 210 g/mol. The molecule has 0 spiro atoms. The first-order chi connectivity index (χ1) is 7.22. The van der Waals surface area contributed by atoms with Crippen molar-refractivity contribution in [1.29, 1.82) is 0 Å². The van der Waals surface area contributed by atoms with Gasteiger partial charge in [0, 0.05) is 24.1 Å². The van der Waals surface area contributed by atoms with Gasteiger partial charge in [-0.3, -0.25) is 4.79 Å². The number of Topliss-reactive ketones (excluding diaryl/α,β-unsaturated/α-hetero) is 1. The number of nitrogens with one attached hydrogen (secondary N) is 1. The van der Waals surface area contributed by atoms with E-state index in [1.807, 2.05) is 18.4 Å². The molecule has 2 unspecified atom stereocenters. The van der Waals surface area contributed by atoms with Crippen LogP contribution < -0.4 is 5.32 Å². The highest BCUT2D eigenvalue weighted by Gasteiger charge is 2.30. The van der Waals surface area contributed by atoms with E-state index >= 15 is 0 Å². The number of thiophene rings is 1. The largest absolute Gasteiger partial charge is 0.380 e. The van der Waals surface area contributed by atoms with Crippen molar-refractivity contribution < 1.29 is 9.53 Å². The van der Waals surface area contributed by atoms with Crippen LogP contribution in [0, 0.1) is 6.92 Å². The molecular formula is C11H15NO2S. The van der Waals surface area contributed by atoms with Gasteiger partial charge in [0.2, 0.25) is 0 Å². The second-order valence-electron chi connectivity index (χ2n) is 3.81. The summed E-state index contributed by atoms with van der Waals surface area (Å²) in [6.07, 6.45) is 0.961. The Morgan fingerprint density at radius 3 is 3.00 bits per heavy atom. The van der Waals surface area contributed by atoms with Crippen LogP contribution in [0.2, 0.25) is 0 Å². The van der Waals surface area contributed by atoms with Crippen molar-refractivity contribution in [3.8, 4) is 0 Å². The van der Waals surface area contributed by atoms with Gasteiger partial charge >= 0.3 is 0 Å². The van der Waals surface area contributed by atoms with E-state index in [-0.39, 0.29) is 17.9 Å². The van der Waals surface area contributed by atoms with Gasteiger partial charge in [0.1, 0.15) is 0 Å². The summed E-state index contributed by atoms with van der Waals surface area (Å²) >= 11 is 1.62. The lowest BCUT2D eigenvalue weighted by Crippen LogP contribution is -2.30. The van der Waals surface area contributed by atoms with Crippen LogP contribution >= 0.6 is 11.3 Å². The summed E-state index contributed by atoms with van der Waals surface area (Å²) in [6.45, 7) is 2.76. The highest BCUT2D eigenvalue weighted by molar-refractivity contribution is 7.10. The van der Waals surface area contributed by atoms with Gasteiger partial charge in [-0.05, 0) is 24.8 Å². The molecule has 1 fully saturated rings. The number of hydrogen-bond donors (Lipinski definition) is 1. The Balaban J connectivity index is 2.07. The van der Waals surface area contributed by atoms with E-state index in [0.29, 0.717) is 0 Å². The van der Waals surface area contributed by atoms with Crippen LogP contribution in [0.1, 0.15) is 21.7 Å². The monoisotopic (exact) mass is 225 g/mol. The maximum atomic E-state index is 12.1. The number of ketones is 1. The zero-order valence-electron chi connectivity index (χ0n) is 8.95. The molecule has 15 heavy (non-hydrogen) atoms. The van der Waals surface area contributed by atoms with Crippen molar-refractivity contribution in [2.75, 3.05) is 13.7 Å².